The fourth-order valence-corrected chi connectivity index (χ4v) is 3.21. The van der Waals surface area contributed by atoms with Crippen LogP contribution in [0.3, 0.4) is 0 Å². The highest BCUT2D eigenvalue weighted by atomic mass is 32.2. The van der Waals surface area contributed by atoms with Crippen LogP contribution in [0.1, 0.15) is 25.7 Å². The lowest BCUT2D eigenvalue weighted by Gasteiger charge is -2.14. The number of unbranched alkanes of at least 4 members (excludes halogenated alkanes) is 2. The Balaban J connectivity index is 1.60. The molecular formula is C15H17FN2O2S2. The lowest BCUT2D eigenvalue weighted by atomic mass is 10.2. The third-order valence-electron chi connectivity index (χ3n) is 3.25. The van der Waals surface area contributed by atoms with Crippen molar-refractivity contribution in [2.24, 2.45) is 0 Å². The molecule has 1 aliphatic rings. The van der Waals surface area contributed by atoms with Crippen LogP contribution in [0.25, 0.3) is 0 Å². The van der Waals surface area contributed by atoms with E-state index in [2.05, 4.69) is 5.32 Å². The summed E-state index contributed by atoms with van der Waals surface area (Å²) in [6.07, 6.45) is 2.84. The molecule has 1 heterocycles. The van der Waals surface area contributed by atoms with Gasteiger partial charge in [0.05, 0.1) is 5.75 Å². The summed E-state index contributed by atoms with van der Waals surface area (Å²) in [6.45, 7) is 0.629. The van der Waals surface area contributed by atoms with Crippen molar-refractivity contribution in [2.45, 2.75) is 25.7 Å². The summed E-state index contributed by atoms with van der Waals surface area (Å²) in [4.78, 5) is 24.9. The molecule has 0 bridgehead atoms. The van der Waals surface area contributed by atoms with Crippen molar-refractivity contribution in [2.75, 3.05) is 17.6 Å². The number of rotatable bonds is 7. The summed E-state index contributed by atoms with van der Waals surface area (Å²) in [5.74, 6) is 0.100. The number of benzene rings is 1. The SMILES string of the molecule is O=C(CCCCCN1C(=O)CSC1=S)Nc1ccc(F)cc1. The van der Waals surface area contributed by atoms with E-state index in [1.165, 1.54) is 36.0 Å². The number of nitrogens with one attached hydrogen (secondary N) is 1. The first kappa shape index (κ1) is 16.9. The Labute approximate surface area is 138 Å². The highest BCUT2D eigenvalue weighted by Crippen LogP contribution is 2.20. The monoisotopic (exact) mass is 340 g/mol. The minimum absolute atomic E-state index is 0.0732. The van der Waals surface area contributed by atoms with E-state index in [1.807, 2.05) is 0 Å². The van der Waals surface area contributed by atoms with Crippen molar-refractivity contribution in [1.82, 2.24) is 4.90 Å². The van der Waals surface area contributed by atoms with Crippen LogP contribution in [-0.2, 0) is 9.59 Å². The van der Waals surface area contributed by atoms with E-state index in [1.54, 1.807) is 4.90 Å². The molecule has 7 heteroatoms. The molecule has 118 valence electrons. The summed E-state index contributed by atoms with van der Waals surface area (Å²) in [6, 6.07) is 5.68. The number of amides is 2. The Kier molecular flexibility index (Phi) is 6.33. The Bertz CT molecular complexity index is 547. The van der Waals surface area contributed by atoms with Gasteiger partial charge >= 0.3 is 0 Å². The van der Waals surface area contributed by atoms with E-state index < -0.39 is 0 Å². The van der Waals surface area contributed by atoms with Gasteiger partial charge in [-0.15, -0.1) is 0 Å². The van der Waals surface area contributed by atoms with Crippen molar-refractivity contribution in [3.8, 4) is 0 Å². The highest BCUT2D eigenvalue weighted by molar-refractivity contribution is 8.23. The molecule has 1 aromatic rings. The van der Waals surface area contributed by atoms with Gasteiger partial charge in [-0.05, 0) is 37.1 Å². The minimum atomic E-state index is -0.328. The van der Waals surface area contributed by atoms with Crippen LogP contribution in [0.4, 0.5) is 10.1 Å². The van der Waals surface area contributed by atoms with Crippen molar-refractivity contribution < 1.29 is 14.0 Å². The highest BCUT2D eigenvalue weighted by Gasteiger charge is 2.25. The maximum atomic E-state index is 12.7. The number of nitrogens with zero attached hydrogens (tertiary/aromatic N) is 1. The second-order valence-electron chi connectivity index (χ2n) is 4.97. The summed E-state index contributed by atoms with van der Waals surface area (Å²) in [7, 11) is 0. The Hall–Kier alpha value is -1.47. The van der Waals surface area contributed by atoms with Crippen LogP contribution < -0.4 is 5.32 Å². The number of thioether (sulfide) groups is 1. The molecule has 2 amide bonds. The normalized spacial score (nSPS) is 14.5. The molecule has 1 aliphatic heterocycles. The summed E-state index contributed by atoms with van der Waals surface area (Å²) >= 11 is 6.50. The molecule has 1 N–H and O–H groups in total. The van der Waals surface area contributed by atoms with E-state index in [-0.39, 0.29) is 17.6 Å². The molecule has 4 nitrogen and oxygen atoms in total. The van der Waals surface area contributed by atoms with Crippen molar-refractivity contribution in [1.29, 1.82) is 0 Å². The number of anilines is 1. The van der Waals surface area contributed by atoms with Crippen LogP contribution in [-0.4, -0.2) is 33.3 Å². The molecular weight excluding hydrogens is 323 g/mol. The zero-order chi connectivity index (χ0) is 15.9. The molecule has 0 aromatic heterocycles. The molecule has 1 aromatic carbocycles. The molecule has 0 atom stereocenters. The second kappa shape index (κ2) is 8.24. The predicted molar refractivity (Wildman–Crippen MR) is 90.3 cm³/mol. The third kappa shape index (κ3) is 5.06. The summed E-state index contributed by atoms with van der Waals surface area (Å²) in [5.41, 5.74) is 0.594. The molecule has 0 radical (unpaired) electrons. The molecule has 0 saturated carbocycles. The van der Waals surface area contributed by atoms with Crippen molar-refractivity contribution in [3.63, 3.8) is 0 Å². The van der Waals surface area contributed by atoms with Gasteiger partial charge in [0, 0.05) is 18.7 Å². The fraction of sp³-hybridized carbons (Fsp3) is 0.400. The number of hydrogen-bond donors (Lipinski definition) is 1. The predicted octanol–water partition coefficient (Wildman–Crippen LogP) is 3.18. The van der Waals surface area contributed by atoms with E-state index in [0.717, 1.165) is 19.3 Å². The van der Waals surface area contributed by atoms with E-state index in [9.17, 15) is 14.0 Å². The maximum Gasteiger partial charge on any atom is 0.238 e. The van der Waals surface area contributed by atoms with Gasteiger partial charge in [-0.25, -0.2) is 4.39 Å². The molecule has 2 rings (SSSR count). The Morgan fingerprint density at radius 3 is 2.64 bits per heavy atom. The van der Waals surface area contributed by atoms with Gasteiger partial charge in [-0.1, -0.05) is 30.4 Å². The van der Waals surface area contributed by atoms with Crippen LogP contribution in [0.2, 0.25) is 0 Å². The molecule has 0 aliphatic carbocycles. The first-order valence-corrected chi connectivity index (χ1v) is 8.48. The smallest absolute Gasteiger partial charge is 0.238 e. The maximum absolute atomic E-state index is 12.7. The quantitative estimate of drug-likeness (QED) is 0.612. The van der Waals surface area contributed by atoms with E-state index in [4.69, 9.17) is 12.2 Å². The van der Waals surface area contributed by atoms with Gasteiger partial charge in [-0.2, -0.15) is 0 Å². The average molecular weight is 340 g/mol. The number of thiocarbonyl (C=S) groups is 1. The molecule has 22 heavy (non-hydrogen) atoms. The van der Waals surface area contributed by atoms with Gasteiger partial charge in [0.2, 0.25) is 11.8 Å². The van der Waals surface area contributed by atoms with E-state index in [0.29, 0.717) is 28.7 Å². The molecule has 1 saturated heterocycles. The topological polar surface area (TPSA) is 49.4 Å². The first-order valence-electron chi connectivity index (χ1n) is 7.09. The van der Waals surface area contributed by atoms with Gasteiger partial charge in [-0.3, -0.25) is 14.5 Å². The van der Waals surface area contributed by atoms with Crippen LogP contribution in [0.15, 0.2) is 24.3 Å². The van der Waals surface area contributed by atoms with Crippen molar-refractivity contribution in [3.05, 3.63) is 30.1 Å². The lowest BCUT2D eigenvalue weighted by Crippen LogP contribution is -2.29. The average Bonchev–Trinajstić information content (AvgIpc) is 2.81. The summed E-state index contributed by atoms with van der Waals surface area (Å²) in [5, 5.41) is 2.72. The van der Waals surface area contributed by atoms with Crippen LogP contribution in [0, 0.1) is 5.82 Å². The lowest BCUT2D eigenvalue weighted by molar-refractivity contribution is -0.124. The number of carbonyl (C=O) groups excluding carboxylic acids is 2. The zero-order valence-electron chi connectivity index (χ0n) is 12.0. The Morgan fingerprint density at radius 2 is 2.00 bits per heavy atom. The molecule has 0 unspecified atom stereocenters. The van der Waals surface area contributed by atoms with Gasteiger partial charge in [0.25, 0.3) is 0 Å². The first-order chi connectivity index (χ1) is 10.6. The van der Waals surface area contributed by atoms with Crippen molar-refractivity contribution >= 4 is 45.8 Å². The fourth-order valence-electron chi connectivity index (χ4n) is 2.09. The molecule has 1 fully saturated rings. The summed E-state index contributed by atoms with van der Waals surface area (Å²) < 4.78 is 13.4. The van der Waals surface area contributed by atoms with Gasteiger partial charge < -0.3 is 5.32 Å². The Morgan fingerprint density at radius 1 is 1.27 bits per heavy atom. The number of hydrogen-bond acceptors (Lipinski definition) is 4. The standard InChI is InChI=1S/C15H17FN2O2S2/c16-11-5-7-12(8-6-11)17-13(19)4-2-1-3-9-18-14(20)10-22-15(18)21/h5-8H,1-4,9-10H2,(H,17,19). The zero-order valence-corrected chi connectivity index (χ0v) is 13.6. The largest absolute Gasteiger partial charge is 0.326 e. The molecule has 0 spiro atoms. The number of halogens is 1. The third-order valence-corrected chi connectivity index (χ3v) is 4.69. The van der Waals surface area contributed by atoms with Gasteiger partial charge in [0.1, 0.15) is 10.1 Å². The van der Waals surface area contributed by atoms with Gasteiger partial charge in [0.15, 0.2) is 0 Å². The second-order valence-corrected chi connectivity index (χ2v) is 6.57. The van der Waals surface area contributed by atoms with Crippen LogP contribution >= 0.6 is 24.0 Å². The number of carbonyl (C=O) groups is 2. The minimum Gasteiger partial charge on any atom is -0.326 e. The van der Waals surface area contributed by atoms with Crippen LogP contribution in [0.5, 0.6) is 0 Å². The van der Waals surface area contributed by atoms with E-state index >= 15 is 0 Å².